The Morgan fingerprint density at radius 3 is 2.82 bits per heavy atom. The van der Waals surface area contributed by atoms with Crippen LogP contribution < -0.4 is 5.73 Å². The van der Waals surface area contributed by atoms with Crippen LogP contribution in [0.25, 0.3) is 21.9 Å². The number of pyridine rings is 1. The van der Waals surface area contributed by atoms with Crippen molar-refractivity contribution in [3.05, 3.63) is 29.6 Å². The summed E-state index contributed by atoms with van der Waals surface area (Å²) < 4.78 is 7.24. The third-order valence-electron chi connectivity index (χ3n) is 5.25. The Hall–Kier alpha value is -2.32. The van der Waals surface area contributed by atoms with Crippen LogP contribution in [0.3, 0.4) is 0 Å². The summed E-state index contributed by atoms with van der Waals surface area (Å²) in [6, 6.07) is 6.16. The lowest BCUT2D eigenvalue weighted by Crippen LogP contribution is -2.37. The van der Waals surface area contributed by atoms with Crippen molar-refractivity contribution >= 4 is 45.4 Å². The summed E-state index contributed by atoms with van der Waals surface area (Å²) in [4.78, 5) is 23.5. The van der Waals surface area contributed by atoms with Crippen molar-refractivity contribution < 1.29 is 9.53 Å². The highest BCUT2D eigenvalue weighted by Gasteiger charge is 2.18. The van der Waals surface area contributed by atoms with E-state index in [1.807, 2.05) is 34.3 Å². The SMILES string of the molecule is COCc1nc2c(N)nc3cc(CCC(=O)N4CCSCC4)ccc3c2n1C. The van der Waals surface area contributed by atoms with Crippen molar-refractivity contribution in [2.24, 2.45) is 7.05 Å². The van der Waals surface area contributed by atoms with E-state index in [4.69, 9.17) is 10.5 Å². The number of thioether (sulfide) groups is 1. The van der Waals surface area contributed by atoms with Gasteiger partial charge in [-0.05, 0) is 18.1 Å². The summed E-state index contributed by atoms with van der Waals surface area (Å²) in [7, 11) is 3.61. The number of amides is 1. The zero-order valence-corrected chi connectivity index (χ0v) is 17.1. The number of nitrogens with two attached hydrogens (primary N) is 1. The number of imidazole rings is 1. The summed E-state index contributed by atoms with van der Waals surface area (Å²) >= 11 is 1.91. The molecule has 0 aliphatic carbocycles. The number of nitrogens with zero attached hydrogens (tertiary/aromatic N) is 4. The number of ether oxygens (including phenoxy) is 1. The number of fused-ring (bicyclic) bond motifs is 3. The molecule has 4 rings (SSSR count). The number of aromatic nitrogens is 3. The van der Waals surface area contributed by atoms with E-state index < -0.39 is 0 Å². The molecule has 1 fully saturated rings. The van der Waals surface area contributed by atoms with Gasteiger partial charge in [-0.25, -0.2) is 9.97 Å². The lowest BCUT2D eigenvalue weighted by atomic mass is 10.1. The molecule has 7 nitrogen and oxygen atoms in total. The van der Waals surface area contributed by atoms with Gasteiger partial charge in [0.15, 0.2) is 5.82 Å². The number of nitrogen functional groups attached to an aromatic ring is 1. The van der Waals surface area contributed by atoms with Gasteiger partial charge >= 0.3 is 0 Å². The average Bonchev–Trinajstić information content (AvgIpc) is 3.04. The molecule has 1 aliphatic heterocycles. The second-order valence-electron chi connectivity index (χ2n) is 7.06. The van der Waals surface area contributed by atoms with Crippen molar-refractivity contribution in [1.82, 2.24) is 19.4 Å². The molecule has 3 aromatic rings. The molecule has 1 aromatic carbocycles. The topological polar surface area (TPSA) is 86.3 Å². The molecule has 28 heavy (non-hydrogen) atoms. The van der Waals surface area contributed by atoms with E-state index in [-0.39, 0.29) is 5.91 Å². The highest BCUT2D eigenvalue weighted by Crippen LogP contribution is 2.29. The molecule has 8 heteroatoms. The van der Waals surface area contributed by atoms with E-state index in [1.54, 1.807) is 7.11 Å². The van der Waals surface area contributed by atoms with Crippen LogP contribution in [0.2, 0.25) is 0 Å². The molecule has 0 radical (unpaired) electrons. The third kappa shape index (κ3) is 3.54. The first-order valence-corrected chi connectivity index (χ1v) is 10.6. The third-order valence-corrected chi connectivity index (χ3v) is 6.20. The van der Waals surface area contributed by atoms with Gasteiger partial charge in [-0.1, -0.05) is 12.1 Å². The number of carbonyl (C=O) groups excluding carboxylic acids is 1. The molecule has 0 saturated carbocycles. The monoisotopic (exact) mass is 399 g/mol. The Morgan fingerprint density at radius 2 is 2.07 bits per heavy atom. The van der Waals surface area contributed by atoms with Crippen LogP contribution in [0.5, 0.6) is 0 Å². The maximum absolute atomic E-state index is 12.4. The first-order valence-electron chi connectivity index (χ1n) is 9.46. The molecule has 0 bridgehead atoms. The fourth-order valence-corrected chi connectivity index (χ4v) is 4.62. The molecule has 2 aromatic heterocycles. The second kappa shape index (κ2) is 7.97. The number of rotatable bonds is 5. The fourth-order valence-electron chi connectivity index (χ4n) is 3.72. The fraction of sp³-hybridized carbons (Fsp3) is 0.450. The summed E-state index contributed by atoms with van der Waals surface area (Å²) in [5.74, 6) is 3.54. The van der Waals surface area contributed by atoms with Gasteiger partial charge in [0.05, 0.1) is 11.0 Å². The van der Waals surface area contributed by atoms with Gasteiger partial charge < -0.3 is 19.9 Å². The van der Waals surface area contributed by atoms with Crippen LogP contribution in [-0.4, -0.2) is 57.0 Å². The number of carbonyl (C=O) groups is 1. The molecule has 0 unspecified atom stereocenters. The van der Waals surface area contributed by atoms with E-state index in [0.29, 0.717) is 30.8 Å². The summed E-state index contributed by atoms with van der Waals surface area (Å²) in [6.45, 7) is 2.14. The van der Waals surface area contributed by atoms with E-state index >= 15 is 0 Å². The Bertz CT molecular complexity index is 1030. The van der Waals surface area contributed by atoms with Crippen molar-refractivity contribution in [1.29, 1.82) is 0 Å². The molecular formula is C20H25N5O2S. The second-order valence-corrected chi connectivity index (χ2v) is 8.28. The minimum absolute atomic E-state index is 0.235. The van der Waals surface area contributed by atoms with Crippen molar-refractivity contribution in [3.63, 3.8) is 0 Å². The zero-order valence-electron chi connectivity index (χ0n) is 16.3. The summed E-state index contributed by atoms with van der Waals surface area (Å²) in [6.07, 6.45) is 1.23. The number of hydrogen-bond acceptors (Lipinski definition) is 6. The smallest absolute Gasteiger partial charge is 0.222 e. The predicted octanol–water partition coefficient (Wildman–Crippen LogP) is 2.36. The van der Waals surface area contributed by atoms with Crippen molar-refractivity contribution in [3.8, 4) is 0 Å². The first kappa shape index (κ1) is 19.0. The number of methoxy groups -OCH3 is 1. The van der Waals surface area contributed by atoms with Crippen LogP contribution >= 0.6 is 11.8 Å². The largest absolute Gasteiger partial charge is 0.382 e. The van der Waals surface area contributed by atoms with E-state index in [0.717, 1.165) is 52.4 Å². The maximum atomic E-state index is 12.4. The zero-order chi connectivity index (χ0) is 19.7. The van der Waals surface area contributed by atoms with Crippen LogP contribution in [0.1, 0.15) is 17.8 Å². The van der Waals surface area contributed by atoms with Gasteiger partial charge in [-0.2, -0.15) is 11.8 Å². The number of aryl methyl sites for hydroxylation is 2. The minimum Gasteiger partial charge on any atom is -0.382 e. The Balaban J connectivity index is 1.61. The van der Waals surface area contributed by atoms with Crippen LogP contribution in [0, 0.1) is 0 Å². The van der Waals surface area contributed by atoms with Gasteiger partial charge in [-0.15, -0.1) is 0 Å². The van der Waals surface area contributed by atoms with Gasteiger partial charge in [0.2, 0.25) is 5.91 Å². The molecule has 148 valence electrons. The highest BCUT2D eigenvalue weighted by atomic mass is 32.2. The van der Waals surface area contributed by atoms with Crippen molar-refractivity contribution in [2.75, 3.05) is 37.4 Å². The molecular weight excluding hydrogens is 374 g/mol. The molecule has 1 aliphatic rings. The summed E-state index contributed by atoms with van der Waals surface area (Å²) in [5.41, 5.74) is 9.77. The molecule has 1 amide bonds. The minimum atomic E-state index is 0.235. The summed E-state index contributed by atoms with van der Waals surface area (Å²) in [5, 5.41) is 1.00. The Kier molecular flexibility index (Phi) is 5.41. The Morgan fingerprint density at radius 1 is 1.29 bits per heavy atom. The van der Waals surface area contributed by atoms with Gasteiger partial charge in [-0.3, -0.25) is 4.79 Å². The lowest BCUT2D eigenvalue weighted by molar-refractivity contribution is -0.130. The molecule has 3 heterocycles. The normalized spacial score (nSPS) is 14.9. The molecule has 1 saturated heterocycles. The van der Waals surface area contributed by atoms with Gasteiger partial charge in [0.1, 0.15) is 17.9 Å². The maximum Gasteiger partial charge on any atom is 0.222 e. The van der Waals surface area contributed by atoms with E-state index in [2.05, 4.69) is 22.1 Å². The number of anilines is 1. The quantitative estimate of drug-likeness (QED) is 0.709. The van der Waals surface area contributed by atoms with Crippen LogP contribution in [0.4, 0.5) is 5.82 Å². The molecule has 0 spiro atoms. The van der Waals surface area contributed by atoms with Gasteiger partial charge in [0.25, 0.3) is 0 Å². The predicted molar refractivity (Wildman–Crippen MR) is 113 cm³/mol. The van der Waals surface area contributed by atoms with Crippen LogP contribution in [-0.2, 0) is 29.6 Å². The number of hydrogen-bond donors (Lipinski definition) is 1. The molecule has 2 N–H and O–H groups in total. The Labute approximate surface area is 168 Å². The van der Waals surface area contributed by atoms with Crippen LogP contribution in [0.15, 0.2) is 18.2 Å². The molecule has 0 atom stereocenters. The number of benzene rings is 1. The lowest BCUT2D eigenvalue weighted by Gasteiger charge is -2.26. The van der Waals surface area contributed by atoms with E-state index in [9.17, 15) is 4.79 Å². The van der Waals surface area contributed by atoms with Crippen molar-refractivity contribution in [2.45, 2.75) is 19.4 Å². The average molecular weight is 400 g/mol. The van der Waals surface area contributed by atoms with E-state index in [1.165, 1.54) is 0 Å². The first-order chi connectivity index (χ1) is 13.6. The van der Waals surface area contributed by atoms with Gasteiger partial charge in [0, 0.05) is 50.6 Å². The standard InChI is InChI=1S/C20H25N5O2S/c1-24-16(12-27-2)23-18-19(24)14-5-3-13(11-15(14)22-20(18)21)4-6-17(26)25-7-9-28-10-8-25/h3,5,11H,4,6-10,12H2,1-2H3,(H2,21,22). The highest BCUT2D eigenvalue weighted by molar-refractivity contribution is 7.99.